The van der Waals surface area contributed by atoms with Crippen LogP contribution in [-0.2, 0) is 6.54 Å². The monoisotopic (exact) mass is 320 g/mol. The minimum absolute atomic E-state index is 0.114. The Morgan fingerprint density at radius 2 is 2.12 bits per heavy atom. The molecule has 4 aromatic rings. The Bertz CT molecular complexity index is 1090. The lowest BCUT2D eigenvalue weighted by Crippen LogP contribution is -2.08. The van der Waals surface area contributed by atoms with Gasteiger partial charge in [0.1, 0.15) is 23.1 Å². The molecule has 0 fully saturated rings. The number of pyridine rings is 1. The molecule has 0 spiro atoms. The van der Waals surface area contributed by atoms with Crippen LogP contribution in [0.1, 0.15) is 5.69 Å². The molecular weight excluding hydrogens is 308 g/mol. The SMILES string of the molecule is N#Cc1cc2c(nc(N)n3nc(-c4ccccn4)nc23)n1CCO. The fourth-order valence-corrected chi connectivity index (χ4v) is 2.65. The van der Waals surface area contributed by atoms with Gasteiger partial charge in [-0.2, -0.15) is 14.8 Å². The van der Waals surface area contributed by atoms with Crippen LogP contribution in [0.3, 0.4) is 0 Å². The number of aromatic nitrogens is 6. The van der Waals surface area contributed by atoms with E-state index in [1.54, 1.807) is 22.9 Å². The molecule has 0 aliphatic heterocycles. The fourth-order valence-electron chi connectivity index (χ4n) is 2.65. The van der Waals surface area contributed by atoms with Crippen LogP contribution in [0, 0.1) is 11.3 Å². The molecule has 118 valence electrons. The Kier molecular flexibility index (Phi) is 3.11. The number of nitrogens with two attached hydrogens (primary N) is 1. The molecule has 9 nitrogen and oxygen atoms in total. The zero-order chi connectivity index (χ0) is 16.7. The van der Waals surface area contributed by atoms with Gasteiger partial charge in [-0.05, 0) is 18.2 Å². The van der Waals surface area contributed by atoms with Crippen LogP contribution < -0.4 is 5.73 Å². The lowest BCUT2D eigenvalue weighted by molar-refractivity contribution is 0.277. The lowest BCUT2D eigenvalue weighted by atomic mass is 10.3. The zero-order valence-electron chi connectivity index (χ0n) is 12.5. The van der Waals surface area contributed by atoms with Crippen molar-refractivity contribution in [2.75, 3.05) is 12.3 Å². The van der Waals surface area contributed by atoms with E-state index in [1.807, 2.05) is 12.1 Å². The zero-order valence-corrected chi connectivity index (χ0v) is 12.5. The van der Waals surface area contributed by atoms with Crippen LogP contribution in [0.4, 0.5) is 5.95 Å². The van der Waals surface area contributed by atoms with E-state index in [0.717, 1.165) is 0 Å². The van der Waals surface area contributed by atoms with Crippen molar-refractivity contribution < 1.29 is 5.11 Å². The number of fused-ring (bicyclic) bond motifs is 3. The highest BCUT2D eigenvalue weighted by atomic mass is 16.3. The molecule has 4 rings (SSSR count). The normalized spacial score (nSPS) is 11.2. The second-order valence-corrected chi connectivity index (χ2v) is 5.11. The maximum absolute atomic E-state index is 9.31. The minimum Gasteiger partial charge on any atom is -0.395 e. The predicted molar refractivity (Wildman–Crippen MR) is 85.7 cm³/mol. The van der Waals surface area contributed by atoms with Gasteiger partial charge >= 0.3 is 0 Å². The van der Waals surface area contributed by atoms with Crippen LogP contribution in [0.5, 0.6) is 0 Å². The highest BCUT2D eigenvalue weighted by Crippen LogP contribution is 2.25. The third-order valence-corrected chi connectivity index (χ3v) is 3.69. The smallest absolute Gasteiger partial charge is 0.225 e. The molecule has 0 unspecified atom stereocenters. The van der Waals surface area contributed by atoms with Crippen LogP contribution in [0.2, 0.25) is 0 Å². The first-order valence-corrected chi connectivity index (χ1v) is 7.21. The highest BCUT2D eigenvalue weighted by molar-refractivity contribution is 5.92. The summed E-state index contributed by atoms with van der Waals surface area (Å²) >= 11 is 0. The standard InChI is InChI=1S/C15H12N8O/c16-8-9-7-10-13(22(9)5-6-24)20-15(17)23-14(10)19-12(21-23)11-3-1-2-4-18-11/h1-4,7,24H,5-6H2,(H2,17,20). The number of rotatable bonds is 3. The average molecular weight is 320 g/mol. The fraction of sp³-hybridized carbons (Fsp3) is 0.133. The largest absolute Gasteiger partial charge is 0.395 e. The van der Waals surface area contributed by atoms with Crippen molar-refractivity contribution in [3.8, 4) is 17.6 Å². The van der Waals surface area contributed by atoms with Crippen molar-refractivity contribution in [3.63, 3.8) is 0 Å². The topological polar surface area (TPSA) is 131 Å². The first-order chi connectivity index (χ1) is 11.7. The molecule has 3 N–H and O–H groups in total. The summed E-state index contributed by atoms with van der Waals surface area (Å²) in [4.78, 5) is 13.1. The molecule has 4 aromatic heterocycles. The molecule has 0 amide bonds. The molecule has 9 heteroatoms. The van der Waals surface area contributed by atoms with Crippen molar-refractivity contribution in [1.82, 2.24) is 29.1 Å². The van der Waals surface area contributed by atoms with Crippen LogP contribution in [0.15, 0.2) is 30.5 Å². The Balaban J connectivity index is 2.04. The van der Waals surface area contributed by atoms with E-state index in [0.29, 0.717) is 33.9 Å². The second kappa shape index (κ2) is 5.29. The summed E-state index contributed by atoms with van der Waals surface area (Å²) < 4.78 is 3.04. The molecule has 0 aromatic carbocycles. The third kappa shape index (κ3) is 1.98. The predicted octanol–water partition coefficient (Wildman–Crippen LogP) is 0.587. The first kappa shape index (κ1) is 14.1. The van der Waals surface area contributed by atoms with Crippen molar-refractivity contribution in [3.05, 3.63) is 36.2 Å². The summed E-state index contributed by atoms with van der Waals surface area (Å²) in [6.07, 6.45) is 1.66. The van der Waals surface area contributed by atoms with E-state index in [-0.39, 0.29) is 19.1 Å². The van der Waals surface area contributed by atoms with E-state index in [4.69, 9.17) is 5.73 Å². The molecule has 0 saturated heterocycles. The average Bonchev–Trinajstić information content (AvgIpc) is 3.19. The number of hydrogen-bond donors (Lipinski definition) is 2. The number of hydrogen-bond acceptors (Lipinski definition) is 7. The maximum atomic E-state index is 9.31. The van der Waals surface area contributed by atoms with E-state index >= 15 is 0 Å². The summed E-state index contributed by atoms with van der Waals surface area (Å²) in [6.45, 7) is 0.132. The van der Waals surface area contributed by atoms with Crippen LogP contribution in [-0.4, -0.2) is 40.8 Å². The maximum Gasteiger partial charge on any atom is 0.225 e. The summed E-state index contributed by atoms with van der Waals surface area (Å²) in [5, 5.41) is 23.5. The number of aliphatic hydroxyl groups is 1. The van der Waals surface area contributed by atoms with Gasteiger partial charge in [0.25, 0.3) is 0 Å². The molecule has 0 bridgehead atoms. The third-order valence-electron chi connectivity index (χ3n) is 3.69. The van der Waals surface area contributed by atoms with Gasteiger partial charge < -0.3 is 15.4 Å². The lowest BCUT2D eigenvalue weighted by Gasteiger charge is -2.04. The van der Waals surface area contributed by atoms with Crippen molar-refractivity contribution in [2.24, 2.45) is 0 Å². The van der Waals surface area contributed by atoms with E-state index < -0.39 is 0 Å². The van der Waals surface area contributed by atoms with Crippen LogP contribution >= 0.6 is 0 Å². The van der Waals surface area contributed by atoms with Crippen molar-refractivity contribution in [2.45, 2.75) is 6.54 Å². The van der Waals surface area contributed by atoms with Gasteiger partial charge in [-0.15, -0.1) is 5.10 Å². The highest BCUT2D eigenvalue weighted by Gasteiger charge is 2.18. The minimum atomic E-state index is -0.114. The molecule has 24 heavy (non-hydrogen) atoms. The summed E-state index contributed by atoms with van der Waals surface area (Å²) in [5.41, 5.74) is 7.97. The summed E-state index contributed by atoms with van der Waals surface area (Å²) in [5.74, 6) is 0.568. The number of nitrogens with zero attached hydrogens (tertiary/aromatic N) is 7. The number of aliphatic hydroxyl groups excluding tert-OH is 1. The Hall–Kier alpha value is -3.51. The molecule has 0 radical (unpaired) electrons. The molecule has 0 aliphatic rings. The van der Waals surface area contributed by atoms with Crippen LogP contribution in [0.25, 0.3) is 28.2 Å². The van der Waals surface area contributed by atoms with Gasteiger partial charge in [-0.3, -0.25) is 4.98 Å². The van der Waals surface area contributed by atoms with Gasteiger partial charge in [-0.1, -0.05) is 6.07 Å². The van der Waals surface area contributed by atoms with Crippen molar-refractivity contribution >= 4 is 22.6 Å². The van der Waals surface area contributed by atoms with Crippen molar-refractivity contribution in [1.29, 1.82) is 5.26 Å². The number of nitrogen functional groups attached to an aromatic ring is 1. The van der Waals surface area contributed by atoms with E-state index in [2.05, 4.69) is 26.1 Å². The molecule has 0 saturated carbocycles. The Labute approximate surface area is 135 Å². The van der Waals surface area contributed by atoms with Gasteiger partial charge in [0.2, 0.25) is 11.8 Å². The first-order valence-electron chi connectivity index (χ1n) is 7.21. The van der Waals surface area contributed by atoms with Gasteiger partial charge in [0.15, 0.2) is 5.65 Å². The second-order valence-electron chi connectivity index (χ2n) is 5.11. The van der Waals surface area contributed by atoms with Gasteiger partial charge in [0.05, 0.1) is 12.0 Å². The molecule has 0 aliphatic carbocycles. The number of anilines is 1. The Morgan fingerprint density at radius 3 is 2.83 bits per heavy atom. The number of nitriles is 1. The molecule has 0 atom stereocenters. The van der Waals surface area contributed by atoms with E-state index in [1.165, 1.54) is 4.52 Å². The van der Waals surface area contributed by atoms with E-state index in [9.17, 15) is 10.4 Å². The molecule has 4 heterocycles. The quantitative estimate of drug-likeness (QED) is 0.564. The summed E-state index contributed by atoms with van der Waals surface area (Å²) in [7, 11) is 0. The summed E-state index contributed by atoms with van der Waals surface area (Å²) in [6, 6.07) is 9.21. The van der Waals surface area contributed by atoms with Gasteiger partial charge in [-0.25, -0.2) is 4.98 Å². The molecular formula is C15H12N8O. The van der Waals surface area contributed by atoms with Gasteiger partial charge in [0, 0.05) is 12.7 Å². The Morgan fingerprint density at radius 1 is 1.25 bits per heavy atom.